The molecule has 0 bridgehead atoms. The number of benzene rings is 6. The summed E-state index contributed by atoms with van der Waals surface area (Å²) in [6.45, 7) is 0. The lowest BCUT2D eigenvalue weighted by Gasteiger charge is -2.15. The van der Waals surface area contributed by atoms with Gasteiger partial charge in [0.1, 0.15) is 0 Å². The van der Waals surface area contributed by atoms with Gasteiger partial charge in [-0.2, -0.15) is 0 Å². The highest BCUT2D eigenvalue weighted by Crippen LogP contribution is 2.40. The van der Waals surface area contributed by atoms with Crippen LogP contribution in [0.2, 0.25) is 5.02 Å². The van der Waals surface area contributed by atoms with E-state index in [1.807, 2.05) is 12.1 Å². The van der Waals surface area contributed by atoms with E-state index < -0.39 is 0 Å². The summed E-state index contributed by atoms with van der Waals surface area (Å²) in [5.74, 6) is 0. The molecule has 0 aliphatic carbocycles. The Kier molecular flexibility index (Phi) is 4.90. The first-order valence-electron chi connectivity index (χ1n) is 12.2. The maximum Gasteiger partial charge on any atom is 0.0556 e. The molecule has 0 unspecified atom stereocenters. The van der Waals surface area contributed by atoms with Crippen LogP contribution in [0.5, 0.6) is 0 Å². The highest BCUT2D eigenvalue weighted by atomic mass is 35.5. The first-order valence-corrected chi connectivity index (χ1v) is 12.5. The van der Waals surface area contributed by atoms with E-state index in [1.54, 1.807) is 0 Å². The summed E-state index contributed by atoms with van der Waals surface area (Å²) in [6.07, 6.45) is 0. The Morgan fingerprint density at radius 1 is 0.417 bits per heavy atom. The molecule has 7 aromatic rings. The first-order chi connectivity index (χ1) is 17.8. The second-order valence-electron chi connectivity index (χ2n) is 9.11. The van der Waals surface area contributed by atoms with E-state index in [1.165, 1.54) is 38.4 Å². The molecule has 170 valence electrons. The fourth-order valence-corrected chi connectivity index (χ4v) is 5.71. The van der Waals surface area contributed by atoms with Crippen LogP contribution in [-0.4, -0.2) is 4.57 Å². The van der Waals surface area contributed by atoms with Crippen molar-refractivity contribution >= 4 is 44.2 Å². The number of halogens is 1. The third-order valence-corrected chi connectivity index (χ3v) is 7.41. The minimum atomic E-state index is 0.780. The van der Waals surface area contributed by atoms with Crippen molar-refractivity contribution in [3.05, 3.63) is 138 Å². The van der Waals surface area contributed by atoms with Crippen LogP contribution in [0.1, 0.15) is 0 Å². The predicted molar refractivity (Wildman–Crippen MR) is 154 cm³/mol. The van der Waals surface area contributed by atoms with Gasteiger partial charge in [0, 0.05) is 16.2 Å². The topological polar surface area (TPSA) is 4.93 Å². The monoisotopic (exact) mass is 479 g/mol. The maximum atomic E-state index is 6.70. The summed E-state index contributed by atoms with van der Waals surface area (Å²) in [7, 11) is 0. The second-order valence-corrected chi connectivity index (χ2v) is 9.51. The Balaban J connectivity index is 1.45. The maximum absolute atomic E-state index is 6.70. The Hall–Kier alpha value is -4.33. The van der Waals surface area contributed by atoms with Crippen molar-refractivity contribution in [2.45, 2.75) is 0 Å². The zero-order chi connectivity index (χ0) is 24.1. The number of fused-ring (bicyclic) bond motifs is 4. The number of para-hydroxylation sites is 1. The molecule has 1 nitrogen and oxygen atoms in total. The van der Waals surface area contributed by atoms with Crippen molar-refractivity contribution in [3.63, 3.8) is 0 Å². The molecular weight excluding hydrogens is 458 g/mol. The molecule has 6 aromatic carbocycles. The number of hydrogen-bond acceptors (Lipinski definition) is 0. The number of aromatic nitrogens is 1. The lowest BCUT2D eigenvalue weighted by molar-refractivity contribution is 1.20. The Morgan fingerprint density at radius 3 is 1.83 bits per heavy atom. The highest BCUT2D eigenvalue weighted by molar-refractivity contribution is 6.38. The second kappa shape index (κ2) is 8.41. The molecule has 7 rings (SSSR count). The number of hydrogen-bond donors (Lipinski definition) is 0. The normalized spacial score (nSPS) is 11.5. The van der Waals surface area contributed by atoms with E-state index in [9.17, 15) is 0 Å². The van der Waals surface area contributed by atoms with Gasteiger partial charge in [0.15, 0.2) is 0 Å². The third kappa shape index (κ3) is 3.25. The van der Waals surface area contributed by atoms with E-state index in [4.69, 9.17) is 11.6 Å². The van der Waals surface area contributed by atoms with Crippen molar-refractivity contribution in [1.82, 2.24) is 4.57 Å². The molecule has 1 heterocycles. The van der Waals surface area contributed by atoms with Gasteiger partial charge in [0.25, 0.3) is 0 Å². The van der Waals surface area contributed by atoms with Gasteiger partial charge in [-0.3, -0.25) is 0 Å². The molecule has 0 aliphatic heterocycles. The van der Waals surface area contributed by atoms with Gasteiger partial charge < -0.3 is 4.57 Å². The van der Waals surface area contributed by atoms with Crippen molar-refractivity contribution in [2.24, 2.45) is 0 Å². The van der Waals surface area contributed by atoms with Gasteiger partial charge in [-0.05, 0) is 51.9 Å². The van der Waals surface area contributed by atoms with Crippen molar-refractivity contribution in [1.29, 1.82) is 0 Å². The van der Waals surface area contributed by atoms with Gasteiger partial charge in [-0.1, -0.05) is 121 Å². The SMILES string of the molecule is Clc1cccc2c1c1ccccc1n2-c1ccc(-c2ccc(-c3ccccc3)cc2)c2ccccc12. The number of rotatable bonds is 3. The molecule has 0 spiro atoms. The van der Waals surface area contributed by atoms with E-state index in [0.717, 1.165) is 27.1 Å². The van der Waals surface area contributed by atoms with Crippen molar-refractivity contribution < 1.29 is 0 Å². The largest absolute Gasteiger partial charge is 0.309 e. The van der Waals surface area contributed by atoms with Gasteiger partial charge >= 0.3 is 0 Å². The summed E-state index contributed by atoms with van der Waals surface area (Å²) >= 11 is 6.70. The fraction of sp³-hybridized carbons (Fsp3) is 0. The minimum absolute atomic E-state index is 0.780. The summed E-state index contributed by atoms with van der Waals surface area (Å²) in [5, 5.41) is 5.49. The average Bonchev–Trinajstić information content (AvgIpc) is 3.28. The molecule has 36 heavy (non-hydrogen) atoms. The lowest BCUT2D eigenvalue weighted by Crippen LogP contribution is -1.96. The molecule has 0 atom stereocenters. The first kappa shape index (κ1) is 21.0. The minimum Gasteiger partial charge on any atom is -0.309 e. The molecule has 0 aliphatic rings. The summed E-state index contributed by atoms with van der Waals surface area (Å²) in [4.78, 5) is 0. The van der Waals surface area contributed by atoms with Crippen LogP contribution >= 0.6 is 11.6 Å². The summed E-state index contributed by atoms with van der Waals surface area (Å²) in [6, 6.07) is 47.2. The molecule has 2 heteroatoms. The zero-order valence-electron chi connectivity index (χ0n) is 19.5. The molecule has 0 amide bonds. The van der Waals surface area contributed by atoms with E-state index in [-0.39, 0.29) is 0 Å². The van der Waals surface area contributed by atoms with Crippen LogP contribution in [0.25, 0.3) is 60.5 Å². The van der Waals surface area contributed by atoms with E-state index >= 15 is 0 Å². The van der Waals surface area contributed by atoms with Crippen LogP contribution in [0, 0.1) is 0 Å². The molecule has 0 N–H and O–H groups in total. The summed E-state index contributed by atoms with van der Waals surface area (Å²) < 4.78 is 2.35. The van der Waals surface area contributed by atoms with Crippen LogP contribution in [0.3, 0.4) is 0 Å². The highest BCUT2D eigenvalue weighted by Gasteiger charge is 2.17. The van der Waals surface area contributed by atoms with E-state index in [2.05, 4.69) is 126 Å². The molecule has 0 saturated heterocycles. The van der Waals surface area contributed by atoms with Gasteiger partial charge in [0.05, 0.1) is 21.7 Å². The van der Waals surface area contributed by atoms with Crippen LogP contribution in [0.4, 0.5) is 0 Å². The van der Waals surface area contributed by atoms with Crippen LogP contribution in [0.15, 0.2) is 133 Å². The van der Waals surface area contributed by atoms with Crippen molar-refractivity contribution in [3.8, 4) is 27.9 Å². The average molecular weight is 480 g/mol. The van der Waals surface area contributed by atoms with Gasteiger partial charge in [-0.25, -0.2) is 0 Å². The predicted octanol–water partition coefficient (Wildman–Crippen LogP) is 9.92. The molecule has 1 aromatic heterocycles. The standard InChI is InChI=1S/C34H22ClN/c35-30-14-8-16-33-34(30)29-13-6-7-15-31(29)36(33)32-22-21-26(27-11-4-5-12-28(27)32)25-19-17-24(18-20-25)23-9-2-1-3-10-23/h1-22H. The Morgan fingerprint density at radius 2 is 1.03 bits per heavy atom. The van der Waals surface area contributed by atoms with Crippen LogP contribution < -0.4 is 0 Å². The zero-order valence-corrected chi connectivity index (χ0v) is 20.3. The van der Waals surface area contributed by atoms with Gasteiger partial charge in [-0.15, -0.1) is 0 Å². The van der Waals surface area contributed by atoms with Crippen molar-refractivity contribution in [2.75, 3.05) is 0 Å². The van der Waals surface area contributed by atoms with Gasteiger partial charge in [0.2, 0.25) is 0 Å². The smallest absolute Gasteiger partial charge is 0.0556 e. The number of nitrogens with zero attached hydrogens (tertiary/aromatic N) is 1. The molecular formula is C34H22ClN. The molecule has 0 radical (unpaired) electrons. The third-order valence-electron chi connectivity index (χ3n) is 7.09. The molecule has 0 saturated carbocycles. The van der Waals surface area contributed by atoms with E-state index in [0.29, 0.717) is 0 Å². The fourth-order valence-electron chi connectivity index (χ4n) is 5.44. The quantitative estimate of drug-likeness (QED) is 0.237. The van der Waals surface area contributed by atoms with Crippen LogP contribution in [-0.2, 0) is 0 Å². The lowest BCUT2D eigenvalue weighted by atomic mass is 9.95. The Bertz CT molecular complexity index is 1880. The molecule has 0 fully saturated rings. The Labute approximate surface area is 214 Å². The summed E-state index contributed by atoms with van der Waals surface area (Å²) in [5.41, 5.74) is 8.33.